The average molecular weight is 289 g/mol. The predicted molar refractivity (Wildman–Crippen MR) is 85.9 cm³/mol. The number of aryl methyl sites for hydroxylation is 3. The van der Waals surface area contributed by atoms with Gasteiger partial charge in [0.2, 0.25) is 0 Å². The van der Waals surface area contributed by atoms with Crippen molar-refractivity contribution in [2.75, 3.05) is 19.7 Å². The third-order valence-corrected chi connectivity index (χ3v) is 4.72. The Hall–Kier alpha value is -1.19. The van der Waals surface area contributed by atoms with Crippen molar-refractivity contribution in [1.29, 1.82) is 0 Å². The lowest BCUT2D eigenvalue weighted by atomic mass is 9.97. The molecule has 0 radical (unpaired) electrons. The lowest BCUT2D eigenvalue weighted by molar-refractivity contribution is 0.0862. The van der Waals surface area contributed by atoms with Gasteiger partial charge in [-0.05, 0) is 56.4 Å². The molecule has 0 heterocycles. The third kappa shape index (κ3) is 3.92. The average Bonchev–Trinajstić information content (AvgIpc) is 2.96. The van der Waals surface area contributed by atoms with Crippen LogP contribution in [0.15, 0.2) is 12.1 Å². The third-order valence-electron chi connectivity index (χ3n) is 4.72. The second kappa shape index (κ2) is 7.19. The van der Waals surface area contributed by atoms with Crippen LogP contribution in [0, 0.1) is 20.8 Å². The summed E-state index contributed by atoms with van der Waals surface area (Å²) in [6.07, 6.45) is 4.78. The van der Waals surface area contributed by atoms with E-state index in [0.29, 0.717) is 19.1 Å². The number of rotatable bonds is 6. The molecule has 0 bridgehead atoms. The second-order valence-corrected chi connectivity index (χ2v) is 6.31. The normalized spacial score (nSPS) is 15.9. The molecule has 2 rings (SSSR count). The van der Waals surface area contributed by atoms with Crippen molar-refractivity contribution >= 4 is 5.78 Å². The summed E-state index contributed by atoms with van der Waals surface area (Å²) in [5, 5.41) is 9.26. The molecule has 1 fully saturated rings. The summed E-state index contributed by atoms with van der Waals surface area (Å²) in [5.41, 5.74) is 4.28. The van der Waals surface area contributed by atoms with E-state index in [4.69, 9.17) is 0 Å². The number of nitrogens with zero attached hydrogens (tertiary/aromatic N) is 1. The molecule has 0 aromatic heterocycles. The number of carbonyl (C=O) groups excluding carboxylic acids is 1. The molecule has 1 aromatic carbocycles. The summed E-state index contributed by atoms with van der Waals surface area (Å²) in [4.78, 5) is 14.8. The predicted octanol–water partition coefficient (Wildman–Crippen LogP) is 3.03. The van der Waals surface area contributed by atoms with Crippen LogP contribution in [0.1, 0.15) is 52.7 Å². The molecule has 1 aromatic rings. The fraction of sp³-hybridized carbons (Fsp3) is 0.611. The zero-order chi connectivity index (χ0) is 15.4. The van der Waals surface area contributed by atoms with Gasteiger partial charge in [0.25, 0.3) is 0 Å². The van der Waals surface area contributed by atoms with Gasteiger partial charge in [-0.2, -0.15) is 0 Å². The van der Waals surface area contributed by atoms with Crippen LogP contribution in [-0.2, 0) is 0 Å². The first-order valence-corrected chi connectivity index (χ1v) is 7.99. The van der Waals surface area contributed by atoms with E-state index in [9.17, 15) is 9.90 Å². The van der Waals surface area contributed by atoms with Crippen LogP contribution in [0.5, 0.6) is 0 Å². The first kappa shape index (κ1) is 16.2. The van der Waals surface area contributed by atoms with Crippen molar-refractivity contribution in [3.63, 3.8) is 0 Å². The number of hydrogen-bond donors (Lipinski definition) is 1. The van der Waals surface area contributed by atoms with Gasteiger partial charge in [-0.25, -0.2) is 0 Å². The maximum absolute atomic E-state index is 12.6. The van der Waals surface area contributed by atoms with E-state index in [-0.39, 0.29) is 12.4 Å². The Kier molecular flexibility index (Phi) is 5.54. The molecule has 0 amide bonds. The fourth-order valence-electron chi connectivity index (χ4n) is 3.32. The molecular formula is C18H27NO2. The molecule has 3 heteroatoms. The van der Waals surface area contributed by atoms with Crippen LogP contribution in [0.25, 0.3) is 0 Å². The minimum atomic E-state index is 0.121. The maximum atomic E-state index is 12.6. The second-order valence-electron chi connectivity index (χ2n) is 6.31. The van der Waals surface area contributed by atoms with E-state index >= 15 is 0 Å². The van der Waals surface area contributed by atoms with E-state index in [2.05, 4.69) is 17.9 Å². The molecule has 1 aliphatic carbocycles. The van der Waals surface area contributed by atoms with E-state index in [1.807, 2.05) is 19.9 Å². The lowest BCUT2D eigenvalue weighted by Crippen LogP contribution is -2.39. The van der Waals surface area contributed by atoms with Gasteiger partial charge in [-0.3, -0.25) is 9.69 Å². The smallest absolute Gasteiger partial charge is 0.177 e. The summed E-state index contributed by atoms with van der Waals surface area (Å²) in [7, 11) is 0. The molecule has 3 nitrogen and oxygen atoms in total. The topological polar surface area (TPSA) is 40.5 Å². The van der Waals surface area contributed by atoms with Gasteiger partial charge in [0.15, 0.2) is 5.78 Å². The van der Waals surface area contributed by atoms with E-state index in [0.717, 1.165) is 24.0 Å². The summed E-state index contributed by atoms with van der Waals surface area (Å²) in [6, 6.07) is 4.57. The van der Waals surface area contributed by atoms with Crippen LogP contribution in [0.2, 0.25) is 0 Å². The first-order valence-electron chi connectivity index (χ1n) is 7.99. The molecule has 1 saturated carbocycles. The highest BCUT2D eigenvalue weighted by Gasteiger charge is 2.24. The van der Waals surface area contributed by atoms with Crippen LogP contribution < -0.4 is 0 Å². The zero-order valence-electron chi connectivity index (χ0n) is 13.5. The van der Waals surface area contributed by atoms with E-state index < -0.39 is 0 Å². The Morgan fingerprint density at radius 2 is 1.76 bits per heavy atom. The highest BCUT2D eigenvalue weighted by Crippen LogP contribution is 2.24. The number of benzene rings is 1. The van der Waals surface area contributed by atoms with Crippen LogP contribution in [-0.4, -0.2) is 41.5 Å². The maximum Gasteiger partial charge on any atom is 0.177 e. The number of aliphatic hydroxyl groups excluding tert-OH is 1. The van der Waals surface area contributed by atoms with Crippen LogP contribution >= 0.6 is 0 Å². The quantitative estimate of drug-likeness (QED) is 0.818. The zero-order valence-corrected chi connectivity index (χ0v) is 13.5. The molecule has 21 heavy (non-hydrogen) atoms. The number of hydrogen-bond acceptors (Lipinski definition) is 3. The Morgan fingerprint density at radius 3 is 2.38 bits per heavy atom. The molecule has 0 unspecified atom stereocenters. The Morgan fingerprint density at radius 1 is 1.14 bits per heavy atom. The molecule has 0 aliphatic heterocycles. The number of ketones is 1. The van der Waals surface area contributed by atoms with Crippen molar-refractivity contribution in [2.45, 2.75) is 52.5 Å². The molecule has 1 aliphatic rings. The Bertz CT molecular complexity index is 504. The van der Waals surface area contributed by atoms with E-state index in [1.165, 1.54) is 24.0 Å². The molecule has 116 valence electrons. The summed E-state index contributed by atoms with van der Waals surface area (Å²) in [5.74, 6) is 0.177. The highest BCUT2D eigenvalue weighted by atomic mass is 16.3. The summed E-state index contributed by atoms with van der Waals surface area (Å²) in [6.45, 7) is 7.28. The summed E-state index contributed by atoms with van der Waals surface area (Å²) < 4.78 is 0. The first-order chi connectivity index (χ1) is 10.0. The highest BCUT2D eigenvalue weighted by molar-refractivity contribution is 5.99. The standard InChI is InChI=1S/C18H27NO2/c1-13-10-15(3)17(11-14(13)2)18(21)12-19(8-9-20)16-6-4-5-7-16/h10-11,16,20H,4-9,12H2,1-3H3. The van der Waals surface area contributed by atoms with Crippen LogP contribution in [0.3, 0.4) is 0 Å². The van der Waals surface area contributed by atoms with Crippen molar-refractivity contribution < 1.29 is 9.90 Å². The minimum absolute atomic E-state index is 0.121. The number of carbonyl (C=O) groups is 1. The molecule has 0 atom stereocenters. The van der Waals surface area contributed by atoms with Crippen molar-refractivity contribution in [1.82, 2.24) is 4.90 Å². The van der Waals surface area contributed by atoms with Gasteiger partial charge in [0, 0.05) is 18.2 Å². The van der Waals surface area contributed by atoms with Crippen molar-refractivity contribution in [3.8, 4) is 0 Å². The van der Waals surface area contributed by atoms with E-state index in [1.54, 1.807) is 0 Å². The Labute approximate surface area is 128 Å². The number of Topliss-reactive ketones (excluding diaryl/α,β-unsaturated/α-hetero) is 1. The van der Waals surface area contributed by atoms with Crippen molar-refractivity contribution in [2.24, 2.45) is 0 Å². The SMILES string of the molecule is Cc1cc(C)c(C(=O)CN(CCO)C2CCCC2)cc1C. The largest absolute Gasteiger partial charge is 0.395 e. The summed E-state index contributed by atoms with van der Waals surface area (Å²) >= 11 is 0. The molecule has 0 spiro atoms. The molecular weight excluding hydrogens is 262 g/mol. The van der Waals surface area contributed by atoms with Gasteiger partial charge in [0.1, 0.15) is 0 Å². The monoisotopic (exact) mass is 289 g/mol. The van der Waals surface area contributed by atoms with Crippen LogP contribution in [0.4, 0.5) is 0 Å². The molecule has 0 saturated heterocycles. The van der Waals surface area contributed by atoms with Crippen molar-refractivity contribution in [3.05, 3.63) is 34.4 Å². The van der Waals surface area contributed by atoms with Gasteiger partial charge < -0.3 is 5.11 Å². The molecule has 1 N–H and O–H groups in total. The van der Waals surface area contributed by atoms with Gasteiger partial charge >= 0.3 is 0 Å². The fourth-order valence-corrected chi connectivity index (χ4v) is 3.32. The van der Waals surface area contributed by atoms with Gasteiger partial charge in [-0.15, -0.1) is 0 Å². The van der Waals surface area contributed by atoms with Gasteiger partial charge in [0.05, 0.1) is 13.2 Å². The lowest BCUT2D eigenvalue weighted by Gasteiger charge is -2.27. The Balaban J connectivity index is 2.13. The number of aliphatic hydroxyl groups is 1. The van der Waals surface area contributed by atoms with Gasteiger partial charge in [-0.1, -0.05) is 18.9 Å². The minimum Gasteiger partial charge on any atom is -0.395 e.